The van der Waals surface area contributed by atoms with Gasteiger partial charge in [0.2, 0.25) is 0 Å². The number of hydrogen-bond acceptors (Lipinski definition) is 7. The number of rotatable bonds is 5. The Morgan fingerprint density at radius 2 is 1.85 bits per heavy atom. The molecule has 4 saturated carbocycles. The molecule has 2 atom stereocenters. The van der Waals surface area contributed by atoms with Crippen molar-refractivity contribution in [3.63, 3.8) is 0 Å². The third kappa shape index (κ3) is 3.12. The van der Waals surface area contributed by atoms with E-state index < -0.39 is 5.60 Å². The van der Waals surface area contributed by atoms with Crippen LogP contribution in [0.1, 0.15) is 37.8 Å². The van der Waals surface area contributed by atoms with Gasteiger partial charge in [-0.3, -0.25) is 5.10 Å². The maximum Gasteiger partial charge on any atom is 0.320 e. The summed E-state index contributed by atoms with van der Waals surface area (Å²) in [5.74, 6) is 3.79. The van der Waals surface area contributed by atoms with Gasteiger partial charge in [0, 0.05) is 23.9 Å². The fourth-order valence-electron chi connectivity index (χ4n) is 5.66. The predicted octanol–water partition coefficient (Wildman–Crippen LogP) is 2.61. The van der Waals surface area contributed by atoms with E-state index in [1.54, 1.807) is 7.11 Å². The largest absolute Gasteiger partial charge is 0.467 e. The molecule has 144 valence electrons. The van der Waals surface area contributed by atoms with E-state index in [4.69, 9.17) is 4.74 Å². The van der Waals surface area contributed by atoms with Crippen molar-refractivity contribution in [1.29, 1.82) is 0 Å². The summed E-state index contributed by atoms with van der Waals surface area (Å²) >= 11 is 0. The Morgan fingerprint density at radius 3 is 2.48 bits per heavy atom. The number of anilines is 3. The molecule has 6 rings (SSSR count). The summed E-state index contributed by atoms with van der Waals surface area (Å²) in [7, 11) is 1.57. The molecular formula is C19H26N6O2. The van der Waals surface area contributed by atoms with Crippen LogP contribution in [0.2, 0.25) is 0 Å². The number of nitrogens with one attached hydrogen (secondary N) is 3. The zero-order chi connectivity index (χ0) is 18.6. The highest BCUT2D eigenvalue weighted by atomic mass is 16.5. The first-order valence-corrected chi connectivity index (χ1v) is 9.71. The molecular weight excluding hydrogens is 344 g/mol. The van der Waals surface area contributed by atoms with Gasteiger partial charge in [-0.15, -0.1) is 0 Å². The molecule has 0 spiro atoms. The third-order valence-electron chi connectivity index (χ3n) is 6.41. The van der Waals surface area contributed by atoms with Crippen LogP contribution in [-0.4, -0.2) is 44.0 Å². The third-order valence-corrected chi connectivity index (χ3v) is 6.41. The lowest BCUT2D eigenvalue weighted by Gasteiger charge is -2.58. The van der Waals surface area contributed by atoms with E-state index in [0.717, 1.165) is 30.8 Å². The number of H-pyrrole nitrogens is 1. The average molecular weight is 370 g/mol. The van der Waals surface area contributed by atoms with Gasteiger partial charge in [-0.1, -0.05) is 0 Å². The molecule has 4 aliphatic rings. The minimum atomic E-state index is -0.428. The van der Waals surface area contributed by atoms with Crippen LogP contribution in [0.25, 0.3) is 0 Å². The van der Waals surface area contributed by atoms with E-state index in [-0.39, 0.29) is 0 Å². The molecule has 2 unspecified atom stereocenters. The zero-order valence-electron chi connectivity index (χ0n) is 15.7. The van der Waals surface area contributed by atoms with E-state index in [9.17, 15) is 5.11 Å². The Balaban J connectivity index is 1.38. The minimum Gasteiger partial charge on any atom is -0.467 e. The van der Waals surface area contributed by atoms with E-state index in [1.807, 2.05) is 19.1 Å². The highest BCUT2D eigenvalue weighted by molar-refractivity contribution is 5.57. The molecule has 4 bridgehead atoms. The molecule has 8 nitrogen and oxygen atoms in total. The van der Waals surface area contributed by atoms with Gasteiger partial charge in [-0.2, -0.15) is 15.1 Å². The van der Waals surface area contributed by atoms with Crippen LogP contribution >= 0.6 is 0 Å². The summed E-state index contributed by atoms with van der Waals surface area (Å²) in [4.78, 5) is 8.87. The van der Waals surface area contributed by atoms with Gasteiger partial charge < -0.3 is 20.5 Å². The van der Waals surface area contributed by atoms with Crippen LogP contribution in [0.3, 0.4) is 0 Å². The summed E-state index contributed by atoms with van der Waals surface area (Å²) in [6, 6.07) is 4.48. The van der Waals surface area contributed by atoms with Crippen molar-refractivity contribution in [2.24, 2.45) is 17.8 Å². The Hall–Kier alpha value is -2.35. The molecule has 0 saturated heterocycles. The molecule has 2 heterocycles. The molecule has 4 N–H and O–H groups in total. The second-order valence-electron chi connectivity index (χ2n) is 8.55. The number of nitrogens with zero attached hydrogens (tertiary/aromatic N) is 3. The normalized spacial score (nSPS) is 33.9. The monoisotopic (exact) mass is 370 g/mol. The van der Waals surface area contributed by atoms with Gasteiger partial charge in [0.25, 0.3) is 0 Å². The van der Waals surface area contributed by atoms with E-state index in [1.165, 1.54) is 12.8 Å². The molecule has 4 aliphatic carbocycles. The molecule has 2 aromatic heterocycles. The van der Waals surface area contributed by atoms with Crippen LogP contribution in [0.5, 0.6) is 6.01 Å². The van der Waals surface area contributed by atoms with Crippen molar-refractivity contribution in [2.45, 2.75) is 50.7 Å². The Labute approximate surface area is 158 Å². The van der Waals surface area contributed by atoms with Crippen molar-refractivity contribution in [1.82, 2.24) is 20.2 Å². The lowest BCUT2D eigenvalue weighted by molar-refractivity contribution is -0.129. The van der Waals surface area contributed by atoms with Gasteiger partial charge >= 0.3 is 6.01 Å². The molecule has 27 heavy (non-hydrogen) atoms. The summed E-state index contributed by atoms with van der Waals surface area (Å²) < 4.78 is 5.29. The lowest BCUT2D eigenvalue weighted by atomic mass is 9.52. The predicted molar refractivity (Wildman–Crippen MR) is 101 cm³/mol. The molecule has 2 aromatic rings. The van der Waals surface area contributed by atoms with Crippen molar-refractivity contribution < 1.29 is 9.84 Å². The minimum absolute atomic E-state index is 0.317. The first kappa shape index (κ1) is 16.8. The highest BCUT2D eigenvalue weighted by Gasteiger charge is 2.54. The number of aryl methyl sites for hydroxylation is 1. The molecule has 0 aromatic carbocycles. The summed E-state index contributed by atoms with van der Waals surface area (Å²) in [5, 5.41) is 24.7. The van der Waals surface area contributed by atoms with E-state index >= 15 is 0 Å². The average Bonchev–Trinajstić information content (AvgIpc) is 3.01. The Morgan fingerprint density at radius 1 is 1.11 bits per heavy atom. The fourth-order valence-corrected chi connectivity index (χ4v) is 5.66. The maximum absolute atomic E-state index is 10.8. The number of aliphatic hydroxyl groups is 1. The number of aromatic nitrogens is 4. The molecule has 4 fully saturated rings. The van der Waals surface area contributed by atoms with Crippen LogP contribution < -0.4 is 15.4 Å². The number of aromatic amines is 1. The second-order valence-corrected chi connectivity index (χ2v) is 8.55. The summed E-state index contributed by atoms with van der Waals surface area (Å²) in [6.45, 7) is 1.95. The number of hydrogen-bond donors (Lipinski definition) is 4. The second kappa shape index (κ2) is 6.09. The highest BCUT2D eigenvalue weighted by Crippen LogP contribution is 2.56. The van der Waals surface area contributed by atoms with Crippen molar-refractivity contribution in [3.8, 4) is 6.01 Å². The number of methoxy groups -OCH3 is 1. The fraction of sp³-hybridized carbons (Fsp3) is 0.632. The molecule has 0 radical (unpaired) electrons. The van der Waals surface area contributed by atoms with Crippen molar-refractivity contribution in [2.75, 3.05) is 17.7 Å². The smallest absolute Gasteiger partial charge is 0.320 e. The SMILES string of the molecule is COc1nc(Nc2cc(C)[nH]n2)cc(NC2C3CC4CC2CC(O)(C4)C3)n1. The molecule has 0 aliphatic heterocycles. The molecule has 8 heteroatoms. The lowest BCUT2D eigenvalue weighted by Crippen LogP contribution is -2.59. The first-order valence-electron chi connectivity index (χ1n) is 9.71. The Bertz CT molecular complexity index is 836. The summed E-state index contributed by atoms with van der Waals surface area (Å²) in [5.41, 5.74) is 0.547. The first-order chi connectivity index (χ1) is 13.0. The zero-order valence-corrected chi connectivity index (χ0v) is 15.7. The maximum atomic E-state index is 10.8. The van der Waals surface area contributed by atoms with Gasteiger partial charge in [0.15, 0.2) is 5.82 Å². The quantitative estimate of drug-likeness (QED) is 0.641. The summed E-state index contributed by atoms with van der Waals surface area (Å²) in [6.07, 6.45) is 5.20. The van der Waals surface area contributed by atoms with Gasteiger partial charge in [0.05, 0.1) is 12.7 Å². The number of ether oxygens (including phenoxy) is 1. The van der Waals surface area contributed by atoms with Crippen molar-refractivity contribution in [3.05, 3.63) is 17.8 Å². The van der Waals surface area contributed by atoms with E-state index in [2.05, 4.69) is 30.8 Å². The van der Waals surface area contributed by atoms with Gasteiger partial charge in [0.1, 0.15) is 11.6 Å². The van der Waals surface area contributed by atoms with Crippen LogP contribution in [0.4, 0.5) is 17.5 Å². The van der Waals surface area contributed by atoms with Crippen LogP contribution in [0, 0.1) is 24.7 Å². The van der Waals surface area contributed by atoms with E-state index in [0.29, 0.717) is 41.4 Å². The van der Waals surface area contributed by atoms with Gasteiger partial charge in [-0.25, -0.2) is 0 Å². The van der Waals surface area contributed by atoms with Crippen LogP contribution in [-0.2, 0) is 0 Å². The standard InChI is InChI=1S/C19H26N6O2/c1-10-3-16(25-24-10)20-14-6-15(23-18(22-14)27-2)21-17-12-4-11-5-13(17)9-19(26,7-11)8-12/h3,6,11-13,17,26H,4-5,7-9H2,1-2H3,(H3,20,21,22,23,24,25). The topological polar surface area (TPSA) is 108 Å². The Kier molecular flexibility index (Phi) is 3.79. The van der Waals surface area contributed by atoms with Crippen LogP contribution in [0.15, 0.2) is 12.1 Å². The van der Waals surface area contributed by atoms with Crippen molar-refractivity contribution >= 4 is 17.5 Å². The molecule has 0 amide bonds. The van der Waals surface area contributed by atoms with Gasteiger partial charge in [-0.05, 0) is 56.8 Å².